The van der Waals surface area contributed by atoms with Crippen LogP contribution >= 0.6 is 0 Å². The van der Waals surface area contributed by atoms with Crippen molar-refractivity contribution in [2.45, 2.75) is 25.9 Å². The average Bonchev–Trinajstić information content (AvgIpc) is 2.29. The van der Waals surface area contributed by atoms with Crippen LogP contribution in [0.25, 0.3) is 0 Å². The summed E-state index contributed by atoms with van der Waals surface area (Å²) in [4.78, 5) is 11.3. The number of rotatable bonds is 0. The highest BCUT2D eigenvalue weighted by atomic mass is 16.5. The lowest BCUT2D eigenvalue weighted by Crippen LogP contribution is -2.32. The van der Waals surface area contributed by atoms with E-state index in [1.54, 1.807) is 0 Å². The number of esters is 1. The number of hydrogen-bond acceptors (Lipinski definition) is 3. The molecule has 2 fully saturated rings. The van der Waals surface area contributed by atoms with Crippen LogP contribution in [0.15, 0.2) is 0 Å². The molecule has 4 atom stereocenters. The standard InChI is InChI=1S/C9H14O3/c1-5-7(10)4-6-2-3-12-9(11)8(5)6/h5-8,10H,2-4H2,1H3/t5-,6-,7-,8+/m0/s1. The van der Waals surface area contributed by atoms with Gasteiger partial charge in [0.2, 0.25) is 0 Å². The molecule has 1 heterocycles. The van der Waals surface area contributed by atoms with E-state index >= 15 is 0 Å². The van der Waals surface area contributed by atoms with Crippen LogP contribution in [0.4, 0.5) is 0 Å². The van der Waals surface area contributed by atoms with Crippen molar-refractivity contribution < 1.29 is 14.6 Å². The van der Waals surface area contributed by atoms with Gasteiger partial charge in [0, 0.05) is 0 Å². The van der Waals surface area contributed by atoms with E-state index in [1.165, 1.54) is 0 Å². The molecule has 1 N–H and O–H groups in total. The number of fused-ring (bicyclic) bond motifs is 1. The number of carbonyl (C=O) groups excluding carboxylic acids is 1. The summed E-state index contributed by atoms with van der Waals surface area (Å²) in [5.74, 6) is 0.322. The topological polar surface area (TPSA) is 46.5 Å². The van der Waals surface area contributed by atoms with Crippen LogP contribution in [0.1, 0.15) is 19.8 Å². The van der Waals surface area contributed by atoms with Gasteiger partial charge in [0.25, 0.3) is 0 Å². The van der Waals surface area contributed by atoms with Crippen molar-refractivity contribution in [3.8, 4) is 0 Å². The summed E-state index contributed by atoms with van der Waals surface area (Å²) in [6.45, 7) is 2.47. The largest absolute Gasteiger partial charge is 0.465 e. The van der Waals surface area contributed by atoms with Gasteiger partial charge in [0.05, 0.1) is 18.6 Å². The predicted octanol–water partition coefficient (Wildman–Crippen LogP) is 0.566. The van der Waals surface area contributed by atoms with E-state index in [0.29, 0.717) is 12.5 Å². The van der Waals surface area contributed by atoms with E-state index in [4.69, 9.17) is 4.74 Å². The molecular formula is C9H14O3. The summed E-state index contributed by atoms with van der Waals surface area (Å²) in [5, 5.41) is 9.54. The first kappa shape index (κ1) is 8.05. The van der Waals surface area contributed by atoms with Crippen LogP contribution in [-0.4, -0.2) is 23.8 Å². The molecule has 0 bridgehead atoms. The highest BCUT2D eigenvalue weighted by Crippen LogP contribution is 2.41. The summed E-state index contributed by atoms with van der Waals surface area (Å²) in [5.41, 5.74) is 0. The van der Waals surface area contributed by atoms with Gasteiger partial charge in [-0.05, 0) is 24.7 Å². The predicted molar refractivity (Wildman–Crippen MR) is 42.3 cm³/mol. The Labute approximate surface area is 71.7 Å². The molecule has 2 aliphatic rings. The van der Waals surface area contributed by atoms with Crippen molar-refractivity contribution in [1.29, 1.82) is 0 Å². The summed E-state index contributed by atoms with van der Waals surface area (Å²) in [7, 11) is 0. The normalized spacial score (nSPS) is 47.0. The number of aliphatic hydroxyl groups is 1. The van der Waals surface area contributed by atoms with Crippen molar-refractivity contribution in [1.82, 2.24) is 0 Å². The quantitative estimate of drug-likeness (QED) is 0.540. The third-order valence-electron chi connectivity index (χ3n) is 3.23. The molecule has 12 heavy (non-hydrogen) atoms. The van der Waals surface area contributed by atoms with Crippen LogP contribution in [0.5, 0.6) is 0 Å². The minimum absolute atomic E-state index is 0.0336. The monoisotopic (exact) mass is 170 g/mol. The van der Waals surface area contributed by atoms with Crippen LogP contribution in [0.3, 0.4) is 0 Å². The van der Waals surface area contributed by atoms with Gasteiger partial charge in [0.1, 0.15) is 0 Å². The molecule has 1 saturated carbocycles. The molecule has 0 aromatic heterocycles. The molecule has 1 aliphatic carbocycles. The van der Waals surface area contributed by atoms with Crippen LogP contribution < -0.4 is 0 Å². The summed E-state index contributed by atoms with van der Waals surface area (Å²) in [6, 6.07) is 0. The summed E-state index contributed by atoms with van der Waals surface area (Å²) in [6.07, 6.45) is 1.41. The molecule has 3 heteroatoms. The molecule has 1 saturated heterocycles. The fourth-order valence-electron chi connectivity index (χ4n) is 2.45. The Kier molecular flexibility index (Phi) is 1.83. The Morgan fingerprint density at radius 3 is 3.00 bits per heavy atom. The molecule has 0 spiro atoms. The van der Waals surface area contributed by atoms with Gasteiger partial charge in [-0.25, -0.2) is 0 Å². The van der Waals surface area contributed by atoms with Crippen LogP contribution in [-0.2, 0) is 9.53 Å². The molecular weight excluding hydrogens is 156 g/mol. The fraction of sp³-hybridized carbons (Fsp3) is 0.889. The summed E-state index contributed by atoms with van der Waals surface area (Å²) < 4.78 is 4.96. The van der Waals surface area contributed by atoms with Gasteiger partial charge in [-0.15, -0.1) is 0 Å². The first-order valence-corrected chi connectivity index (χ1v) is 4.55. The zero-order valence-electron chi connectivity index (χ0n) is 7.19. The fourth-order valence-corrected chi connectivity index (χ4v) is 2.45. The van der Waals surface area contributed by atoms with Gasteiger partial charge in [-0.1, -0.05) is 6.92 Å². The van der Waals surface area contributed by atoms with Gasteiger partial charge in [0.15, 0.2) is 0 Å². The van der Waals surface area contributed by atoms with Gasteiger partial charge < -0.3 is 9.84 Å². The Morgan fingerprint density at radius 1 is 1.58 bits per heavy atom. The lowest BCUT2D eigenvalue weighted by molar-refractivity contribution is -0.157. The Morgan fingerprint density at radius 2 is 2.33 bits per heavy atom. The second-order valence-electron chi connectivity index (χ2n) is 3.90. The third-order valence-corrected chi connectivity index (χ3v) is 3.23. The minimum Gasteiger partial charge on any atom is -0.465 e. The van der Waals surface area contributed by atoms with Crippen LogP contribution in [0, 0.1) is 17.8 Å². The number of cyclic esters (lactones) is 1. The van der Waals surface area contributed by atoms with Crippen molar-refractivity contribution in [3.05, 3.63) is 0 Å². The first-order chi connectivity index (χ1) is 5.70. The smallest absolute Gasteiger partial charge is 0.309 e. The number of hydrogen-bond donors (Lipinski definition) is 1. The van der Waals surface area contributed by atoms with Crippen molar-refractivity contribution in [2.75, 3.05) is 6.61 Å². The van der Waals surface area contributed by atoms with E-state index in [9.17, 15) is 9.90 Å². The lowest BCUT2D eigenvalue weighted by atomic mass is 9.87. The maximum Gasteiger partial charge on any atom is 0.309 e. The molecule has 3 nitrogen and oxygen atoms in total. The molecule has 0 unspecified atom stereocenters. The zero-order valence-corrected chi connectivity index (χ0v) is 7.19. The number of ether oxygens (including phenoxy) is 1. The van der Waals surface area contributed by atoms with E-state index in [2.05, 4.69) is 0 Å². The molecule has 0 radical (unpaired) electrons. The van der Waals surface area contributed by atoms with E-state index < -0.39 is 0 Å². The highest BCUT2D eigenvalue weighted by Gasteiger charge is 2.46. The summed E-state index contributed by atoms with van der Waals surface area (Å²) >= 11 is 0. The number of carbonyl (C=O) groups is 1. The average molecular weight is 170 g/mol. The van der Waals surface area contributed by atoms with Crippen LogP contribution in [0.2, 0.25) is 0 Å². The Hall–Kier alpha value is -0.570. The maximum absolute atomic E-state index is 11.3. The molecule has 0 amide bonds. The van der Waals surface area contributed by atoms with E-state index in [1.807, 2.05) is 6.92 Å². The van der Waals surface area contributed by atoms with E-state index in [0.717, 1.165) is 12.8 Å². The molecule has 0 aromatic carbocycles. The maximum atomic E-state index is 11.3. The van der Waals surface area contributed by atoms with E-state index in [-0.39, 0.29) is 23.9 Å². The van der Waals surface area contributed by atoms with Crippen molar-refractivity contribution in [2.24, 2.45) is 17.8 Å². The second-order valence-corrected chi connectivity index (χ2v) is 3.90. The molecule has 68 valence electrons. The molecule has 1 aliphatic heterocycles. The molecule has 2 rings (SSSR count). The highest BCUT2D eigenvalue weighted by molar-refractivity contribution is 5.74. The van der Waals surface area contributed by atoms with Gasteiger partial charge >= 0.3 is 5.97 Å². The Bertz CT molecular complexity index is 202. The SMILES string of the molecule is C[C@@H]1[C@H]2C(=O)OCC[C@H]2C[C@@H]1O. The van der Waals surface area contributed by atoms with Gasteiger partial charge in [-0.3, -0.25) is 4.79 Å². The first-order valence-electron chi connectivity index (χ1n) is 4.55. The van der Waals surface area contributed by atoms with Gasteiger partial charge in [-0.2, -0.15) is 0 Å². The zero-order chi connectivity index (χ0) is 8.72. The lowest BCUT2D eigenvalue weighted by Gasteiger charge is -2.25. The minimum atomic E-state index is -0.300. The third kappa shape index (κ3) is 1.04. The van der Waals surface area contributed by atoms with Crippen molar-refractivity contribution in [3.63, 3.8) is 0 Å². The second kappa shape index (κ2) is 2.73. The molecule has 0 aromatic rings. The van der Waals surface area contributed by atoms with Crippen molar-refractivity contribution >= 4 is 5.97 Å². The Balaban J connectivity index is 2.17. The number of aliphatic hydroxyl groups excluding tert-OH is 1.